The van der Waals surface area contributed by atoms with Gasteiger partial charge >= 0.3 is 5.97 Å². The van der Waals surface area contributed by atoms with Crippen molar-refractivity contribution in [3.8, 4) is 0 Å². The van der Waals surface area contributed by atoms with Crippen molar-refractivity contribution >= 4 is 16.7 Å². The summed E-state index contributed by atoms with van der Waals surface area (Å²) in [5.74, 6) is -0.431. The standard InChI is InChI=1S/C22H28O5/c1-3-16(20-10-6-8-17-7-4-5-9-21(17)20)12-25-13-18(11-24-2)22(23)27-15-19-14-26-19/h4-10,16,18-19H,3,11-15H2,1-2H3. The molecule has 3 unspecified atom stereocenters. The summed E-state index contributed by atoms with van der Waals surface area (Å²) in [7, 11) is 1.58. The topological polar surface area (TPSA) is 57.3 Å². The third-order valence-electron chi connectivity index (χ3n) is 4.91. The molecule has 5 nitrogen and oxygen atoms in total. The SMILES string of the molecule is CCC(COCC(COC)C(=O)OCC1CO1)c1cccc2ccccc12. The van der Waals surface area contributed by atoms with Crippen molar-refractivity contribution in [2.24, 2.45) is 5.92 Å². The molecule has 0 N–H and O–H groups in total. The number of hydrogen-bond acceptors (Lipinski definition) is 5. The lowest BCUT2D eigenvalue weighted by Gasteiger charge is -2.20. The Balaban J connectivity index is 1.57. The Hall–Kier alpha value is -1.95. The van der Waals surface area contributed by atoms with Crippen LogP contribution in [0.2, 0.25) is 0 Å². The number of ether oxygens (including phenoxy) is 4. The van der Waals surface area contributed by atoms with Crippen LogP contribution in [-0.4, -0.2) is 52.2 Å². The zero-order chi connectivity index (χ0) is 19.1. The van der Waals surface area contributed by atoms with E-state index in [2.05, 4.69) is 49.4 Å². The number of esters is 1. The summed E-state index contributed by atoms with van der Waals surface area (Å²) in [4.78, 5) is 12.2. The van der Waals surface area contributed by atoms with Crippen LogP contribution in [0.1, 0.15) is 24.8 Å². The van der Waals surface area contributed by atoms with Gasteiger partial charge in [-0.15, -0.1) is 0 Å². The summed E-state index contributed by atoms with van der Waals surface area (Å²) in [5.41, 5.74) is 1.28. The van der Waals surface area contributed by atoms with Crippen molar-refractivity contribution in [3.05, 3.63) is 48.0 Å². The molecule has 1 aliphatic rings. The van der Waals surface area contributed by atoms with Crippen molar-refractivity contribution in [1.29, 1.82) is 0 Å². The maximum atomic E-state index is 12.2. The normalized spacial score (nSPS) is 18.2. The molecule has 27 heavy (non-hydrogen) atoms. The van der Waals surface area contributed by atoms with Crippen molar-refractivity contribution in [2.75, 3.05) is 40.1 Å². The van der Waals surface area contributed by atoms with Gasteiger partial charge in [0.1, 0.15) is 18.6 Å². The molecular weight excluding hydrogens is 344 g/mol. The Morgan fingerprint density at radius 3 is 2.67 bits per heavy atom. The first-order valence-electron chi connectivity index (χ1n) is 9.55. The molecule has 5 heteroatoms. The van der Waals surface area contributed by atoms with Crippen molar-refractivity contribution < 1.29 is 23.7 Å². The molecule has 0 saturated carbocycles. The fraction of sp³-hybridized carbons (Fsp3) is 0.500. The molecule has 146 valence electrons. The average Bonchev–Trinajstić information content (AvgIpc) is 3.53. The van der Waals surface area contributed by atoms with Gasteiger partial charge in [-0.3, -0.25) is 4.79 Å². The predicted octanol–water partition coefficient (Wildman–Crippen LogP) is 3.55. The lowest BCUT2D eigenvalue weighted by atomic mass is 9.92. The Morgan fingerprint density at radius 1 is 1.15 bits per heavy atom. The molecule has 2 aromatic carbocycles. The Labute approximate surface area is 160 Å². The highest BCUT2D eigenvalue weighted by molar-refractivity contribution is 5.86. The van der Waals surface area contributed by atoms with Gasteiger partial charge in [0.15, 0.2) is 0 Å². The molecule has 3 atom stereocenters. The fourth-order valence-corrected chi connectivity index (χ4v) is 3.23. The van der Waals surface area contributed by atoms with E-state index in [0.717, 1.165) is 6.42 Å². The zero-order valence-corrected chi connectivity index (χ0v) is 16.1. The van der Waals surface area contributed by atoms with Crippen LogP contribution in [0.4, 0.5) is 0 Å². The lowest BCUT2D eigenvalue weighted by molar-refractivity contribution is -0.153. The minimum atomic E-state index is -0.418. The van der Waals surface area contributed by atoms with Crippen LogP contribution in [0.5, 0.6) is 0 Å². The first kappa shape index (κ1) is 19.8. The Bertz CT molecular complexity index is 735. The fourth-order valence-electron chi connectivity index (χ4n) is 3.23. The first-order valence-corrected chi connectivity index (χ1v) is 9.55. The highest BCUT2D eigenvalue weighted by Crippen LogP contribution is 2.28. The van der Waals surface area contributed by atoms with Gasteiger partial charge in [-0.2, -0.15) is 0 Å². The predicted molar refractivity (Wildman–Crippen MR) is 104 cm³/mol. The number of carbonyl (C=O) groups is 1. The molecule has 1 heterocycles. The number of carbonyl (C=O) groups excluding carboxylic acids is 1. The third kappa shape index (κ3) is 5.51. The molecule has 3 rings (SSSR count). The van der Waals surface area contributed by atoms with Gasteiger partial charge < -0.3 is 18.9 Å². The number of methoxy groups -OCH3 is 1. The highest BCUT2D eigenvalue weighted by Gasteiger charge is 2.27. The molecule has 1 aliphatic heterocycles. The second kappa shape index (κ2) is 9.83. The highest BCUT2D eigenvalue weighted by atomic mass is 16.6. The summed E-state index contributed by atoms with van der Waals surface area (Å²) in [6.45, 7) is 4.28. The Morgan fingerprint density at radius 2 is 1.93 bits per heavy atom. The molecule has 1 saturated heterocycles. The van der Waals surface area contributed by atoms with E-state index in [1.807, 2.05) is 0 Å². The average molecular weight is 372 g/mol. The van der Waals surface area contributed by atoms with Gasteiger partial charge in [-0.25, -0.2) is 0 Å². The summed E-state index contributed by atoms with van der Waals surface area (Å²) in [5, 5.41) is 2.49. The van der Waals surface area contributed by atoms with Crippen LogP contribution in [0.25, 0.3) is 10.8 Å². The van der Waals surface area contributed by atoms with Crippen molar-refractivity contribution in [2.45, 2.75) is 25.4 Å². The lowest BCUT2D eigenvalue weighted by Crippen LogP contribution is -2.28. The van der Waals surface area contributed by atoms with E-state index in [1.54, 1.807) is 7.11 Å². The molecule has 0 aromatic heterocycles. The maximum Gasteiger partial charge on any atom is 0.313 e. The second-order valence-corrected chi connectivity index (χ2v) is 6.95. The zero-order valence-electron chi connectivity index (χ0n) is 16.1. The number of rotatable bonds is 11. The summed E-state index contributed by atoms with van der Waals surface area (Å²) < 4.78 is 21.5. The van der Waals surface area contributed by atoms with Crippen molar-refractivity contribution in [3.63, 3.8) is 0 Å². The van der Waals surface area contributed by atoms with E-state index < -0.39 is 5.92 Å². The number of fused-ring (bicyclic) bond motifs is 1. The van der Waals surface area contributed by atoms with Crippen LogP contribution >= 0.6 is 0 Å². The minimum Gasteiger partial charge on any atom is -0.462 e. The van der Waals surface area contributed by atoms with E-state index in [1.165, 1.54) is 16.3 Å². The molecular formula is C22H28O5. The molecule has 0 bridgehead atoms. The van der Waals surface area contributed by atoms with Crippen LogP contribution in [0, 0.1) is 5.92 Å². The van der Waals surface area contributed by atoms with E-state index in [4.69, 9.17) is 18.9 Å². The second-order valence-electron chi connectivity index (χ2n) is 6.95. The third-order valence-corrected chi connectivity index (χ3v) is 4.91. The van der Waals surface area contributed by atoms with Gasteiger partial charge in [0, 0.05) is 13.0 Å². The van der Waals surface area contributed by atoms with Crippen LogP contribution in [0.3, 0.4) is 0 Å². The molecule has 2 aromatic rings. The summed E-state index contributed by atoms with van der Waals surface area (Å²) >= 11 is 0. The van der Waals surface area contributed by atoms with E-state index in [9.17, 15) is 4.79 Å². The van der Waals surface area contributed by atoms with Gasteiger partial charge in [0.05, 0.1) is 26.4 Å². The monoisotopic (exact) mass is 372 g/mol. The molecule has 0 radical (unpaired) electrons. The number of epoxide rings is 1. The summed E-state index contributed by atoms with van der Waals surface area (Å²) in [6, 6.07) is 14.8. The van der Waals surface area contributed by atoms with Gasteiger partial charge in [-0.05, 0) is 22.8 Å². The number of hydrogen-bond donors (Lipinski definition) is 0. The molecule has 0 spiro atoms. The van der Waals surface area contributed by atoms with Crippen molar-refractivity contribution in [1.82, 2.24) is 0 Å². The van der Waals surface area contributed by atoms with Gasteiger partial charge in [0.25, 0.3) is 0 Å². The first-order chi connectivity index (χ1) is 13.2. The van der Waals surface area contributed by atoms with Crippen LogP contribution < -0.4 is 0 Å². The van der Waals surface area contributed by atoms with Crippen LogP contribution in [-0.2, 0) is 23.7 Å². The largest absolute Gasteiger partial charge is 0.462 e. The molecule has 0 aliphatic carbocycles. The van der Waals surface area contributed by atoms with Gasteiger partial charge in [-0.1, -0.05) is 49.4 Å². The van der Waals surface area contributed by atoms with E-state index in [-0.39, 0.29) is 24.6 Å². The number of benzene rings is 2. The minimum absolute atomic E-state index is 0.0638. The molecule has 1 fully saturated rings. The summed E-state index contributed by atoms with van der Waals surface area (Å²) in [6.07, 6.45) is 1.03. The molecule has 0 amide bonds. The smallest absolute Gasteiger partial charge is 0.313 e. The van der Waals surface area contributed by atoms with E-state index >= 15 is 0 Å². The maximum absolute atomic E-state index is 12.2. The van der Waals surface area contributed by atoms with Crippen LogP contribution in [0.15, 0.2) is 42.5 Å². The van der Waals surface area contributed by atoms with Gasteiger partial charge in [0.2, 0.25) is 0 Å². The van der Waals surface area contributed by atoms with E-state index in [0.29, 0.717) is 26.4 Å². The quantitative estimate of drug-likeness (QED) is 0.446. The Kier molecular flexibility index (Phi) is 7.21.